The van der Waals surface area contributed by atoms with Crippen LogP contribution in [0.5, 0.6) is 5.75 Å². The summed E-state index contributed by atoms with van der Waals surface area (Å²) in [4.78, 5) is 20.4. The molecule has 2 aromatic carbocycles. The Morgan fingerprint density at radius 1 is 1.19 bits per heavy atom. The maximum Gasteiger partial charge on any atom is 0.243 e. The first-order valence-electron chi connectivity index (χ1n) is 12.0. The normalized spacial score (nSPS) is 19.6. The molecule has 1 atom stereocenters. The maximum absolute atomic E-state index is 13.8. The monoisotopic (exact) mass is 549 g/mol. The van der Waals surface area contributed by atoms with E-state index in [1.165, 1.54) is 22.8 Å². The molecule has 1 unspecified atom stereocenters. The summed E-state index contributed by atoms with van der Waals surface area (Å²) in [5.41, 5.74) is 0.796. The number of methoxy groups -OCH3 is 1. The van der Waals surface area contributed by atoms with Crippen LogP contribution < -0.4 is 9.64 Å². The smallest absolute Gasteiger partial charge is 0.243 e. The first kappa shape index (κ1) is 25.4. The van der Waals surface area contributed by atoms with Gasteiger partial charge in [0.1, 0.15) is 5.75 Å². The molecule has 3 heterocycles. The van der Waals surface area contributed by atoms with Gasteiger partial charge in [-0.05, 0) is 68.1 Å². The number of ether oxygens (including phenoxy) is 2. The van der Waals surface area contributed by atoms with Crippen LogP contribution in [0.15, 0.2) is 47.4 Å². The average molecular weight is 550 g/mol. The molecule has 2 fully saturated rings. The number of hydrogen-bond donors (Lipinski definition) is 0. The van der Waals surface area contributed by atoms with E-state index in [1.807, 2.05) is 12.1 Å². The minimum Gasteiger partial charge on any atom is -0.497 e. The van der Waals surface area contributed by atoms with Gasteiger partial charge in [-0.2, -0.15) is 4.31 Å². The molecule has 2 saturated heterocycles. The highest BCUT2D eigenvalue weighted by Gasteiger charge is 2.36. The van der Waals surface area contributed by atoms with E-state index >= 15 is 0 Å². The molecular formula is C25H28ClN3O5S2. The van der Waals surface area contributed by atoms with Crippen LogP contribution in [-0.4, -0.2) is 63.1 Å². The summed E-state index contributed by atoms with van der Waals surface area (Å²) in [7, 11) is -2.10. The van der Waals surface area contributed by atoms with Crippen molar-refractivity contribution in [3.8, 4) is 5.75 Å². The molecule has 1 amide bonds. The molecule has 36 heavy (non-hydrogen) atoms. The lowest BCUT2D eigenvalue weighted by atomic mass is 9.96. The van der Waals surface area contributed by atoms with Gasteiger partial charge in [0.05, 0.1) is 34.9 Å². The van der Waals surface area contributed by atoms with Crippen LogP contribution in [0.3, 0.4) is 0 Å². The molecule has 3 aromatic rings. The number of benzene rings is 2. The van der Waals surface area contributed by atoms with E-state index in [9.17, 15) is 13.2 Å². The van der Waals surface area contributed by atoms with Crippen LogP contribution in [0.1, 0.15) is 25.7 Å². The van der Waals surface area contributed by atoms with Gasteiger partial charge >= 0.3 is 0 Å². The summed E-state index contributed by atoms with van der Waals surface area (Å²) in [5, 5.41) is 1.25. The molecular weight excluding hydrogens is 522 g/mol. The van der Waals surface area contributed by atoms with Crippen LogP contribution >= 0.6 is 22.9 Å². The molecule has 192 valence electrons. The third kappa shape index (κ3) is 5.24. The molecule has 0 bridgehead atoms. The van der Waals surface area contributed by atoms with Gasteiger partial charge in [-0.15, -0.1) is 0 Å². The number of halogens is 1. The Labute approximate surface area is 219 Å². The highest BCUT2D eigenvalue weighted by molar-refractivity contribution is 7.89. The summed E-state index contributed by atoms with van der Waals surface area (Å²) in [6.07, 6.45) is 2.75. The van der Waals surface area contributed by atoms with E-state index in [2.05, 4.69) is 0 Å². The number of carbonyl (C=O) groups is 1. The predicted octanol–water partition coefficient (Wildman–Crippen LogP) is 4.57. The number of hydrogen-bond acceptors (Lipinski definition) is 7. The summed E-state index contributed by atoms with van der Waals surface area (Å²) in [6.45, 7) is 1.71. The third-order valence-electron chi connectivity index (χ3n) is 6.75. The van der Waals surface area contributed by atoms with Crippen molar-refractivity contribution in [3.05, 3.63) is 47.5 Å². The maximum atomic E-state index is 13.8. The summed E-state index contributed by atoms with van der Waals surface area (Å²) in [6, 6.07) is 11.9. The zero-order valence-corrected chi connectivity index (χ0v) is 22.3. The lowest BCUT2D eigenvalue weighted by Gasteiger charge is -2.33. The molecule has 0 radical (unpaired) electrons. The highest BCUT2D eigenvalue weighted by atomic mass is 35.5. The Bertz CT molecular complexity index is 1330. The molecule has 0 aliphatic carbocycles. The number of amides is 1. The Morgan fingerprint density at radius 3 is 2.61 bits per heavy atom. The van der Waals surface area contributed by atoms with Gasteiger partial charge in [-0.1, -0.05) is 22.9 Å². The van der Waals surface area contributed by atoms with Crippen LogP contribution in [0.4, 0.5) is 5.13 Å². The first-order chi connectivity index (χ1) is 17.3. The molecule has 8 nitrogen and oxygen atoms in total. The van der Waals surface area contributed by atoms with E-state index in [0.29, 0.717) is 41.9 Å². The summed E-state index contributed by atoms with van der Waals surface area (Å²) < 4.78 is 39.6. The number of carbonyl (C=O) groups excluding carboxylic acids is 1. The Hall–Kier alpha value is -2.24. The number of nitrogens with zero attached hydrogens (tertiary/aromatic N) is 3. The average Bonchev–Trinajstić information content (AvgIpc) is 3.56. The number of rotatable bonds is 7. The highest BCUT2D eigenvalue weighted by Crippen LogP contribution is 2.34. The summed E-state index contributed by atoms with van der Waals surface area (Å²) in [5.74, 6) is 0.281. The number of thiazole rings is 1. The van der Waals surface area contributed by atoms with E-state index in [0.717, 1.165) is 23.1 Å². The van der Waals surface area contributed by atoms with Gasteiger partial charge in [0.2, 0.25) is 15.9 Å². The predicted molar refractivity (Wildman–Crippen MR) is 140 cm³/mol. The first-order valence-corrected chi connectivity index (χ1v) is 14.6. The van der Waals surface area contributed by atoms with Crippen LogP contribution in [0.2, 0.25) is 5.02 Å². The quantitative estimate of drug-likeness (QED) is 0.429. The topological polar surface area (TPSA) is 89.0 Å². The minimum absolute atomic E-state index is 0.0277. The minimum atomic E-state index is -3.64. The molecule has 0 N–H and O–H groups in total. The van der Waals surface area contributed by atoms with Gasteiger partial charge in [-0.25, -0.2) is 13.4 Å². The van der Waals surface area contributed by atoms with Crippen molar-refractivity contribution in [1.82, 2.24) is 9.29 Å². The molecule has 0 spiro atoms. The van der Waals surface area contributed by atoms with Crippen LogP contribution in [0, 0.1) is 5.92 Å². The van der Waals surface area contributed by atoms with Gasteiger partial charge < -0.3 is 9.47 Å². The summed E-state index contributed by atoms with van der Waals surface area (Å²) >= 11 is 7.60. The lowest BCUT2D eigenvalue weighted by Crippen LogP contribution is -2.46. The van der Waals surface area contributed by atoms with Crippen LogP contribution in [0.25, 0.3) is 10.2 Å². The number of piperidine rings is 1. The van der Waals surface area contributed by atoms with Crippen molar-refractivity contribution in [2.24, 2.45) is 5.92 Å². The second-order valence-electron chi connectivity index (χ2n) is 9.05. The van der Waals surface area contributed by atoms with Gasteiger partial charge in [0.15, 0.2) is 5.13 Å². The molecule has 0 saturated carbocycles. The lowest BCUT2D eigenvalue weighted by molar-refractivity contribution is -0.123. The van der Waals surface area contributed by atoms with Crippen molar-refractivity contribution >= 4 is 54.2 Å². The third-order valence-corrected chi connectivity index (χ3v) is 9.94. The largest absolute Gasteiger partial charge is 0.497 e. The van der Waals surface area contributed by atoms with E-state index in [1.54, 1.807) is 35.2 Å². The molecule has 1 aromatic heterocycles. The zero-order valence-electron chi connectivity index (χ0n) is 19.9. The van der Waals surface area contributed by atoms with Crippen molar-refractivity contribution in [1.29, 1.82) is 0 Å². The van der Waals surface area contributed by atoms with E-state index in [4.69, 9.17) is 26.1 Å². The molecule has 11 heteroatoms. The van der Waals surface area contributed by atoms with E-state index in [-0.39, 0.29) is 35.9 Å². The van der Waals surface area contributed by atoms with Gasteiger partial charge in [0, 0.05) is 30.6 Å². The second-order valence-corrected chi connectivity index (χ2v) is 12.4. The number of aromatic nitrogens is 1. The molecule has 2 aliphatic heterocycles. The zero-order chi connectivity index (χ0) is 25.3. The van der Waals surface area contributed by atoms with Crippen molar-refractivity contribution in [3.63, 3.8) is 0 Å². The van der Waals surface area contributed by atoms with Gasteiger partial charge in [-0.3, -0.25) is 9.69 Å². The van der Waals surface area contributed by atoms with Crippen molar-refractivity contribution < 1.29 is 22.7 Å². The number of anilines is 1. The van der Waals surface area contributed by atoms with E-state index < -0.39 is 10.0 Å². The van der Waals surface area contributed by atoms with Crippen molar-refractivity contribution in [2.75, 3.05) is 38.3 Å². The Kier molecular flexibility index (Phi) is 7.50. The SMILES string of the molecule is COc1ccc(S(=O)(=O)N2CCC(C(=O)N(CC3CCCO3)c3nc4ccc(Cl)cc4s3)CC2)cc1. The molecule has 5 rings (SSSR count). The molecule has 2 aliphatic rings. The number of sulfonamides is 1. The fraction of sp³-hybridized carbons (Fsp3) is 0.440. The Balaban J connectivity index is 1.32. The van der Waals surface area contributed by atoms with Crippen molar-refractivity contribution in [2.45, 2.75) is 36.7 Å². The number of fused-ring (bicyclic) bond motifs is 1. The fourth-order valence-corrected chi connectivity index (χ4v) is 7.44. The van der Waals surface area contributed by atoms with Crippen LogP contribution in [-0.2, 0) is 19.6 Å². The van der Waals surface area contributed by atoms with Gasteiger partial charge in [0.25, 0.3) is 0 Å². The fourth-order valence-electron chi connectivity index (χ4n) is 4.72. The second kappa shape index (κ2) is 10.6. The standard InChI is InChI=1S/C25H28ClN3O5S2/c1-33-19-5-7-21(8-6-19)36(31,32)28-12-10-17(11-13-28)24(30)29(16-20-3-2-14-34-20)25-27-22-9-4-18(26)15-23(22)35-25/h4-9,15,17,20H,2-3,10-14,16H2,1H3. The Morgan fingerprint density at radius 2 is 1.94 bits per heavy atom.